The maximum Gasteiger partial charge on any atom is 0.123 e. The first-order chi connectivity index (χ1) is 9.33. The molecule has 0 unspecified atom stereocenters. The molecule has 0 amide bonds. The molecule has 0 N–H and O–H groups in total. The molecule has 0 radical (unpaired) electrons. The van der Waals surface area contributed by atoms with Gasteiger partial charge in [-0.25, -0.2) is 4.39 Å². The lowest BCUT2D eigenvalue weighted by Crippen LogP contribution is -1.83. The molecule has 0 aliphatic rings. The molecule has 19 heavy (non-hydrogen) atoms. The Morgan fingerprint density at radius 1 is 0.895 bits per heavy atom. The SMILES string of the molecule is Fc1cccc(C=Cc2nccc3ccccc23)c1. The van der Waals surface area contributed by atoms with Gasteiger partial charge in [-0.2, -0.15) is 0 Å². The molecular weight excluding hydrogens is 237 g/mol. The minimum Gasteiger partial charge on any atom is -0.256 e. The van der Waals surface area contributed by atoms with Crippen molar-refractivity contribution in [1.29, 1.82) is 0 Å². The van der Waals surface area contributed by atoms with Crippen molar-refractivity contribution in [2.45, 2.75) is 0 Å². The van der Waals surface area contributed by atoms with Gasteiger partial charge in [0.05, 0.1) is 5.69 Å². The number of pyridine rings is 1. The van der Waals surface area contributed by atoms with Crippen molar-refractivity contribution >= 4 is 22.9 Å². The summed E-state index contributed by atoms with van der Waals surface area (Å²) in [6.45, 7) is 0. The second-order valence-corrected chi connectivity index (χ2v) is 4.31. The van der Waals surface area contributed by atoms with Gasteiger partial charge in [0.1, 0.15) is 5.82 Å². The molecular formula is C17H12FN. The van der Waals surface area contributed by atoms with Crippen LogP contribution in [0, 0.1) is 5.82 Å². The van der Waals surface area contributed by atoms with Crippen LogP contribution in [0.1, 0.15) is 11.3 Å². The van der Waals surface area contributed by atoms with Gasteiger partial charge in [0, 0.05) is 11.6 Å². The van der Waals surface area contributed by atoms with Crippen LogP contribution in [-0.2, 0) is 0 Å². The second-order valence-electron chi connectivity index (χ2n) is 4.31. The van der Waals surface area contributed by atoms with Crippen LogP contribution in [0.3, 0.4) is 0 Å². The van der Waals surface area contributed by atoms with Gasteiger partial charge < -0.3 is 0 Å². The number of hydrogen-bond acceptors (Lipinski definition) is 1. The van der Waals surface area contributed by atoms with E-state index in [0.29, 0.717) is 0 Å². The Morgan fingerprint density at radius 3 is 2.68 bits per heavy atom. The average molecular weight is 249 g/mol. The summed E-state index contributed by atoms with van der Waals surface area (Å²) >= 11 is 0. The molecule has 0 bridgehead atoms. The van der Waals surface area contributed by atoms with Gasteiger partial charge in [0.25, 0.3) is 0 Å². The highest BCUT2D eigenvalue weighted by Gasteiger charge is 1.98. The molecule has 1 nitrogen and oxygen atoms in total. The summed E-state index contributed by atoms with van der Waals surface area (Å²) < 4.78 is 13.1. The van der Waals surface area contributed by atoms with Gasteiger partial charge in [-0.15, -0.1) is 0 Å². The fourth-order valence-electron chi connectivity index (χ4n) is 2.06. The summed E-state index contributed by atoms with van der Waals surface area (Å²) in [7, 11) is 0. The molecule has 2 heteroatoms. The maximum atomic E-state index is 13.1. The minimum absolute atomic E-state index is 0.229. The zero-order valence-corrected chi connectivity index (χ0v) is 10.3. The van der Waals surface area contributed by atoms with Crippen LogP contribution in [-0.4, -0.2) is 4.98 Å². The third-order valence-corrected chi connectivity index (χ3v) is 2.99. The Balaban J connectivity index is 2.02. The molecule has 0 atom stereocenters. The lowest BCUT2D eigenvalue weighted by molar-refractivity contribution is 0.627. The number of benzene rings is 2. The molecule has 92 valence electrons. The lowest BCUT2D eigenvalue weighted by Gasteiger charge is -2.00. The van der Waals surface area contributed by atoms with Crippen molar-refractivity contribution < 1.29 is 4.39 Å². The van der Waals surface area contributed by atoms with Crippen molar-refractivity contribution in [1.82, 2.24) is 4.98 Å². The highest BCUT2D eigenvalue weighted by Crippen LogP contribution is 2.18. The quantitative estimate of drug-likeness (QED) is 0.649. The van der Waals surface area contributed by atoms with Crippen LogP contribution in [0.5, 0.6) is 0 Å². The minimum atomic E-state index is -0.229. The van der Waals surface area contributed by atoms with Gasteiger partial charge in [-0.05, 0) is 35.2 Å². The topological polar surface area (TPSA) is 12.9 Å². The number of aromatic nitrogens is 1. The van der Waals surface area contributed by atoms with Crippen molar-refractivity contribution in [2.75, 3.05) is 0 Å². The summed E-state index contributed by atoms with van der Waals surface area (Å²) in [5, 5.41) is 2.24. The van der Waals surface area contributed by atoms with Crippen LogP contribution in [0.15, 0.2) is 60.8 Å². The zero-order chi connectivity index (χ0) is 13.1. The molecule has 0 saturated carbocycles. The normalized spacial score (nSPS) is 11.2. The van der Waals surface area contributed by atoms with Crippen molar-refractivity contribution in [3.05, 3.63) is 77.9 Å². The van der Waals surface area contributed by atoms with E-state index in [0.717, 1.165) is 22.0 Å². The number of hydrogen-bond donors (Lipinski definition) is 0. The van der Waals surface area contributed by atoms with E-state index in [4.69, 9.17) is 0 Å². The van der Waals surface area contributed by atoms with Gasteiger partial charge in [0.15, 0.2) is 0 Å². The van der Waals surface area contributed by atoms with E-state index >= 15 is 0 Å². The molecule has 0 fully saturated rings. The summed E-state index contributed by atoms with van der Waals surface area (Å²) in [5.41, 5.74) is 1.72. The van der Waals surface area contributed by atoms with E-state index < -0.39 is 0 Å². The molecule has 1 aromatic heterocycles. The standard InChI is InChI=1S/C17H12FN/c18-15-6-3-4-13(12-15)8-9-17-16-7-2-1-5-14(16)10-11-19-17/h1-12H. The first-order valence-corrected chi connectivity index (χ1v) is 6.10. The fourth-order valence-corrected chi connectivity index (χ4v) is 2.06. The lowest BCUT2D eigenvalue weighted by atomic mass is 10.1. The third-order valence-electron chi connectivity index (χ3n) is 2.99. The number of nitrogens with zero attached hydrogens (tertiary/aromatic N) is 1. The van der Waals surface area contributed by atoms with Gasteiger partial charge in [-0.3, -0.25) is 4.98 Å². The number of rotatable bonds is 2. The van der Waals surface area contributed by atoms with Crippen molar-refractivity contribution in [2.24, 2.45) is 0 Å². The van der Waals surface area contributed by atoms with Crippen LogP contribution >= 0.6 is 0 Å². The molecule has 0 aliphatic heterocycles. The van der Waals surface area contributed by atoms with Crippen LogP contribution in [0.25, 0.3) is 22.9 Å². The first-order valence-electron chi connectivity index (χ1n) is 6.10. The first kappa shape index (κ1) is 11.6. The molecule has 0 spiro atoms. The van der Waals surface area contributed by atoms with E-state index in [-0.39, 0.29) is 5.82 Å². The Hall–Kier alpha value is -2.48. The Bertz CT molecular complexity index is 742. The molecule has 1 heterocycles. The Labute approximate surface area is 111 Å². The monoisotopic (exact) mass is 249 g/mol. The zero-order valence-electron chi connectivity index (χ0n) is 10.3. The van der Waals surface area contributed by atoms with E-state index in [1.54, 1.807) is 12.3 Å². The molecule has 0 saturated heterocycles. The van der Waals surface area contributed by atoms with Crippen molar-refractivity contribution in [3.63, 3.8) is 0 Å². The van der Waals surface area contributed by atoms with Crippen LogP contribution < -0.4 is 0 Å². The van der Waals surface area contributed by atoms with Gasteiger partial charge in [0.2, 0.25) is 0 Å². The largest absolute Gasteiger partial charge is 0.256 e. The summed E-state index contributed by atoms with van der Waals surface area (Å²) in [6, 6.07) is 16.6. The number of fused-ring (bicyclic) bond motifs is 1. The van der Waals surface area contributed by atoms with Gasteiger partial charge in [-0.1, -0.05) is 42.5 Å². The second kappa shape index (κ2) is 5.02. The van der Waals surface area contributed by atoms with Crippen LogP contribution in [0.2, 0.25) is 0 Å². The molecule has 3 aromatic rings. The van der Waals surface area contributed by atoms with E-state index in [2.05, 4.69) is 11.1 Å². The van der Waals surface area contributed by atoms with Crippen LogP contribution in [0.4, 0.5) is 4.39 Å². The van der Waals surface area contributed by atoms with E-state index in [1.807, 2.05) is 42.5 Å². The molecule has 3 rings (SSSR count). The third kappa shape index (κ3) is 2.52. The summed E-state index contributed by atoms with van der Waals surface area (Å²) in [5.74, 6) is -0.229. The predicted octanol–water partition coefficient (Wildman–Crippen LogP) is 4.54. The number of halogens is 1. The maximum absolute atomic E-state index is 13.1. The molecule has 2 aromatic carbocycles. The molecule has 0 aliphatic carbocycles. The summed E-state index contributed by atoms with van der Waals surface area (Å²) in [4.78, 5) is 4.36. The predicted molar refractivity (Wildman–Crippen MR) is 77.1 cm³/mol. The van der Waals surface area contributed by atoms with E-state index in [9.17, 15) is 4.39 Å². The Morgan fingerprint density at radius 2 is 1.79 bits per heavy atom. The Kier molecular flexibility index (Phi) is 3.07. The smallest absolute Gasteiger partial charge is 0.123 e. The van der Waals surface area contributed by atoms with Gasteiger partial charge >= 0.3 is 0 Å². The summed E-state index contributed by atoms with van der Waals surface area (Å²) in [6.07, 6.45) is 5.57. The highest BCUT2D eigenvalue weighted by molar-refractivity contribution is 5.90. The van der Waals surface area contributed by atoms with E-state index in [1.165, 1.54) is 12.1 Å². The van der Waals surface area contributed by atoms with Crippen molar-refractivity contribution in [3.8, 4) is 0 Å². The fraction of sp³-hybridized carbons (Fsp3) is 0. The highest BCUT2D eigenvalue weighted by atomic mass is 19.1. The average Bonchev–Trinajstić information content (AvgIpc) is 2.45.